The number of carbonyl (C=O) groups excluding carboxylic acids is 2. The van der Waals surface area contributed by atoms with Crippen LogP contribution in [0.5, 0.6) is 0 Å². The highest BCUT2D eigenvalue weighted by Gasteiger charge is 2.18. The van der Waals surface area contributed by atoms with Crippen molar-refractivity contribution in [3.63, 3.8) is 0 Å². The molecule has 2 N–H and O–H groups in total. The predicted molar refractivity (Wildman–Crippen MR) is 118 cm³/mol. The smallest absolute Gasteiger partial charge is 0.267 e. The zero-order chi connectivity index (χ0) is 22.1. The maximum absolute atomic E-state index is 12.8. The molecule has 0 saturated carbocycles. The summed E-state index contributed by atoms with van der Waals surface area (Å²) in [4.78, 5) is 42.4. The van der Waals surface area contributed by atoms with Crippen LogP contribution in [0.3, 0.4) is 0 Å². The van der Waals surface area contributed by atoms with Crippen LogP contribution in [0.15, 0.2) is 53.3 Å². The third kappa shape index (κ3) is 3.75. The van der Waals surface area contributed by atoms with Crippen molar-refractivity contribution in [1.29, 1.82) is 0 Å². The highest BCUT2D eigenvalue weighted by molar-refractivity contribution is 6.06. The van der Waals surface area contributed by atoms with Gasteiger partial charge in [-0.15, -0.1) is 0 Å². The Labute approximate surface area is 177 Å². The summed E-state index contributed by atoms with van der Waals surface area (Å²) in [6.07, 6.45) is 0. The van der Waals surface area contributed by atoms with Crippen LogP contribution in [-0.2, 0) is 6.54 Å². The fraction of sp³-hybridized carbons (Fsp3) is 0.174. The zero-order valence-electron chi connectivity index (χ0n) is 17.4. The molecule has 2 aromatic heterocycles. The van der Waals surface area contributed by atoms with Crippen LogP contribution < -0.4 is 16.4 Å². The molecule has 2 amide bonds. The van der Waals surface area contributed by atoms with Gasteiger partial charge in [0.2, 0.25) is 0 Å². The van der Waals surface area contributed by atoms with Gasteiger partial charge >= 0.3 is 0 Å². The number of nitrogens with zero attached hydrogens (tertiary/aromatic N) is 3. The molecule has 0 radical (unpaired) electrons. The minimum Gasteiger partial charge on any atom is -0.267 e. The second kappa shape index (κ2) is 7.98. The van der Waals surface area contributed by atoms with E-state index in [1.165, 1.54) is 4.68 Å². The lowest BCUT2D eigenvalue weighted by Gasteiger charge is -2.12. The summed E-state index contributed by atoms with van der Waals surface area (Å²) in [5.74, 6) is -1.11. The number of rotatable bonds is 3. The average molecular weight is 415 g/mol. The quantitative estimate of drug-likeness (QED) is 0.501. The van der Waals surface area contributed by atoms with E-state index in [1.54, 1.807) is 44.2 Å². The van der Waals surface area contributed by atoms with Crippen molar-refractivity contribution in [3.8, 4) is 0 Å². The van der Waals surface area contributed by atoms with Crippen LogP contribution in [-0.4, -0.2) is 26.6 Å². The molecule has 2 heterocycles. The summed E-state index contributed by atoms with van der Waals surface area (Å²) < 4.78 is 1.22. The Morgan fingerprint density at radius 3 is 2.42 bits per heavy atom. The van der Waals surface area contributed by atoms with Crippen LogP contribution in [0.1, 0.15) is 39.0 Å². The highest BCUT2D eigenvalue weighted by Crippen LogP contribution is 2.18. The first-order valence-electron chi connectivity index (χ1n) is 9.87. The fourth-order valence-electron chi connectivity index (χ4n) is 3.48. The van der Waals surface area contributed by atoms with Crippen molar-refractivity contribution >= 4 is 33.5 Å². The summed E-state index contributed by atoms with van der Waals surface area (Å²) in [7, 11) is 0. The van der Waals surface area contributed by atoms with Crippen LogP contribution in [0.25, 0.3) is 21.7 Å². The Morgan fingerprint density at radius 2 is 1.68 bits per heavy atom. The molecule has 31 heavy (non-hydrogen) atoms. The third-order valence-corrected chi connectivity index (χ3v) is 5.08. The number of hydrazine groups is 1. The van der Waals surface area contributed by atoms with Crippen LogP contribution in [0.4, 0.5) is 0 Å². The monoisotopic (exact) mass is 415 g/mol. The van der Waals surface area contributed by atoms with Crippen LogP contribution in [0.2, 0.25) is 0 Å². The van der Waals surface area contributed by atoms with Crippen molar-refractivity contribution < 1.29 is 9.59 Å². The standard InChI is InChI=1S/C23H21N5O3/c1-4-28-23(31)17-8-6-5-7-16(17)20(27-28)22(30)26-25-21(29)18-12-15-11-13(2)9-10-19(15)24-14(18)3/h5-12H,4H2,1-3H3,(H,25,29)(H,26,30). The molecule has 0 aliphatic heterocycles. The number of carbonyl (C=O) groups is 2. The van der Waals surface area contributed by atoms with Crippen molar-refractivity contribution in [2.75, 3.05) is 0 Å². The molecular formula is C23H21N5O3. The van der Waals surface area contributed by atoms with Gasteiger partial charge in [0, 0.05) is 17.3 Å². The van der Waals surface area contributed by atoms with Gasteiger partial charge in [-0.2, -0.15) is 5.10 Å². The SMILES string of the molecule is CCn1nc(C(=O)NNC(=O)c2cc3cc(C)ccc3nc2C)c2ccccc2c1=O. The lowest BCUT2D eigenvalue weighted by atomic mass is 10.1. The van der Waals surface area contributed by atoms with Crippen molar-refractivity contribution in [2.24, 2.45) is 0 Å². The maximum atomic E-state index is 12.8. The molecule has 4 aromatic rings. The van der Waals surface area contributed by atoms with E-state index in [0.717, 1.165) is 16.5 Å². The Hall–Kier alpha value is -4.07. The van der Waals surface area contributed by atoms with Crippen molar-refractivity contribution in [2.45, 2.75) is 27.3 Å². The molecule has 2 aromatic carbocycles. The maximum Gasteiger partial charge on any atom is 0.290 e. The van der Waals surface area contributed by atoms with E-state index in [4.69, 9.17) is 0 Å². The summed E-state index contributed by atoms with van der Waals surface area (Å²) in [5, 5.41) is 5.81. The molecule has 0 aliphatic carbocycles. The minimum atomic E-state index is -0.617. The molecule has 4 rings (SSSR count). The molecule has 0 saturated heterocycles. The number of fused-ring (bicyclic) bond motifs is 2. The number of hydrogen-bond donors (Lipinski definition) is 2. The fourth-order valence-corrected chi connectivity index (χ4v) is 3.48. The van der Waals surface area contributed by atoms with Crippen LogP contribution >= 0.6 is 0 Å². The molecule has 0 fully saturated rings. The van der Waals surface area contributed by atoms with Gasteiger partial charge in [-0.3, -0.25) is 30.2 Å². The first-order chi connectivity index (χ1) is 14.9. The lowest BCUT2D eigenvalue weighted by molar-refractivity contribution is 0.0843. The minimum absolute atomic E-state index is 0.0568. The van der Waals surface area contributed by atoms with E-state index < -0.39 is 11.8 Å². The summed E-state index contributed by atoms with van der Waals surface area (Å²) in [5.41, 5.74) is 7.37. The number of aromatic nitrogens is 3. The summed E-state index contributed by atoms with van der Waals surface area (Å²) >= 11 is 0. The van der Waals surface area contributed by atoms with Gasteiger partial charge in [-0.25, -0.2) is 4.68 Å². The Morgan fingerprint density at radius 1 is 0.968 bits per heavy atom. The van der Waals surface area contributed by atoms with E-state index in [-0.39, 0.29) is 11.3 Å². The molecule has 0 unspecified atom stereocenters. The second-order valence-electron chi connectivity index (χ2n) is 7.24. The van der Waals surface area contributed by atoms with Gasteiger partial charge in [-0.05, 0) is 45.0 Å². The van der Waals surface area contributed by atoms with Crippen molar-refractivity contribution in [1.82, 2.24) is 25.6 Å². The molecular weight excluding hydrogens is 394 g/mol. The average Bonchev–Trinajstić information content (AvgIpc) is 2.77. The Bertz CT molecular complexity index is 1410. The molecule has 0 atom stereocenters. The normalized spacial score (nSPS) is 10.9. The van der Waals surface area contributed by atoms with Gasteiger partial charge < -0.3 is 0 Å². The molecule has 8 heteroatoms. The number of aryl methyl sites for hydroxylation is 3. The van der Waals surface area contributed by atoms with E-state index >= 15 is 0 Å². The van der Waals surface area contributed by atoms with Gasteiger partial charge in [-0.1, -0.05) is 29.8 Å². The van der Waals surface area contributed by atoms with Gasteiger partial charge in [0.25, 0.3) is 17.4 Å². The highest BCUT2D eigenvalue weighted by atomic mass is 16.2. The van der Waals surface area contributed by atoms with E-state index in [1.807, 2.05) is 25.1 Å². The third-order valence-electron chi connectivity index (χ3n) is 5.08. The van der Waals surface area contributed by atoms with E-state index in [2.05, 4.69) is 20.9 Å². The second-order valence-corrected chi connectivity index (χ2v) is 7.24. The molecule has 0 spiro atoms. The van der Waals surface area contributed by atoms with Gasteiger partial charge in [0.1, 0.15) is 0 Å². The topological polar surface area (TPSA) is 106 Å². The number of amides is 2. The molecule has 156 valence electrons. The van der Waals surface area contributed by atoms with Crippen LogP contribution in [0, 0.1) is 13.8 Å². The molecule has 8 nitrogen and oxygen atoms in total. The van der Waals surface area contributed by atoms with Crippen molar-refractivity contribution in [3.05, 3.63) is 81.4 Å². The largest absolute Gasteiger partial charge is 0.290 e. The number of pyridine rings is 1. The summed E-state index contributed by atoms with van der Waals surface area (Å²) in [6.45, 7) is 5.79. The predicted octanol–water partition coefficient (Wildman–Crippen LogP) is 2.66. The van der Waals surface area contributed by atoms with Gasteiger partial charge in [0.05, 0.1) is 22.2 Å². The molecule has 0 aliphatic rings. The number of benzene rings is 2. The Kier molecular flexibility index (Phi) is 5.21. The first-order valence-corrected chi connectivity index (χ1v) is 9.87. The van der Waals surface area contributed by atoms with E-state index in [0.29, 0.717) is 28.6 Å². The van der Waals surface area contributed by atoms with E-state index in [9.17, 15) is 14.4 Å². The number of hydrogen-bond acceptors (Lipinski definition) is 5. The lowest BCUT2D eigenvalue weighted by Crippen LogP contribution is -2.43. The molecule has 0 bridgehead atoms. The Balaban J connectivity index is 1.62. The zero-order valence-corrected chi connectivity index (χ0v) is 17.4. The van der Waals surface area contributed by atoms with Gasteiger partial charge in [0.15, 0.2) is 5.69 Å². The first kappa shape index (κ1) is 20.2. The number of nitrogens with one attached hydrogen (secondary N) is 2. The summed E-state index contributed by atoms with van der Waals surface area (Å²) in [6, 6.07) is 14.3.